The van der Waals surface area contributed by atoms with Crippen LogP contribution >= 0.6 is 27.5 Å². The van der Waals surface area contributed by atoms with Gasteiger partial charge in [0.05, 0.1) is 9.50 Å². The molecule has 0 saturated heterocycles. The molecule has 1 heterocycles. The molecular formula is C10H10BrClN2. The van der Waals surface area contributed by atoms with Crippen molar-refractivity contribution in [3.8, 4) is 11.8 Å². The van der Waals surface area contributed by atoms with Crippen LogP contribution in [0.2, 0.25) is 5.02 Å². The molecule has 0 atom stereocenters. The lowest BCUT2D eigenvalue weighted by Gasteiger charge is -2.05. The normalized spacial score (nSPS) is 9.07. The van der Waals surface area contributed by atoms with Gasteiger partial charge in [-0.15, -0.1) is 11.8 Å². The van der Waals surface area contributed by atoms with E-state index in [1.807, 2.05) is 13.0 Å². The van der Waals surface area contributed by atoms with E-state index in [1.165, 1.54) is 0 Å². The lowest BCUT2D eigenvalue weighted by molar-refractivity contribution is 1.07. The third kappa shape index (κ3) is 3.57. The Bertz CT molecular complexity index is 368. The number of nitrogens with zero attached hydrogens (tertiary/aromatic N) is 1. The second-order valence-electron chi connectivity index (χ2n) is 2.59. The summed E-state index contributed by atoms with van der Waals surface area (Å²) in [6.07, 6.45) is 2.42. The molecule has 4 heteroatoms. The van der Waals surface area contributed by atoms with Crippen molar-refractivity contribution in [2.24, 2.45) is 0 Å². The van der Waals surface area contributed by atoms with Crippen LogP contribution in [0.5, 0.6) is 0 Å². The molecule has 0 aliphatic carbocycles. The molecular weight excluding hydrogens is 263 g/mol. The molecule has 0 aliphatic rings. The average molecular weight is 274 g/mol. The number of hydrogen-bond donors (Lipinski definition) is 1. The molecule has 1 aromatic rings. The Morgan fingerprint density at radius 1 is 1.64 bits per heavy atom. The fraction of sp³-hybridized carbons (Fsp3) is 0.300. The summed E-state index contributed by atoms with van der Waals surface area (Å²) in [7, 11) is 0. The van der Waals surface area contributed by atoms with Gasteiger partial charge in [-0.3, -0.25) is 0 Å². The van der Waals surface area contributed by atoms with Gasteiger partial charge in [0.15, 0.2) is 0 Å². The van der Waals surface area contributed by atoms with Gasteiger partial charge in [-0.2, -0.15) is 0 Å². The van der Waals surface area contributed by atoms with Crippen LogP contribution in [-0.4, -0.2) is 11.5 Å². The molecule has 0 radical (unpaired) electrons. The predicted molar refractivity (Wildman–Crippen MR) is 63.5 cm³/mol. The zero-order chi connectivity index (χ0) is 10.4. The van der Waals surface area contributed by atoms with E-state index < -0.39 is 0 Å². The van der Waals surface area contributed by atoms with Crippen molar-refractivity contribution in [3.63, 3.8) is 0 Å². The Morgan fingerprint density at radius 3 is 3.07 bits per heavy atom. The molecule has 14 heavy (non-hydrogen) atoms. The summed E-state index contributed by atoms with van der Waals surface area (Å²) >= 11 is 9.13. The van der Waals surface area contributed by atoms with Gasteiger partial charge < -0.3 is 5.32 Å². The fourth-order valence-electron chi connectivity index (χ4n) is 0.913. The van der Waals surface area contributed by atoms with E-state index in [9.17, 15) is 0 Å². The van der Waals surface area contributed by atoms with Gasteiger partial charge in [-0.05, 0) is 28.9 Å². The first kappa shape index (κ1) is 11.4. The van der Waals surface area contributed by atoms with Crippen molar-refractivity contribution >= 4 is 33.3 Å². The number of nitrogens with one attached hydrogen (secondary N) is 1. The molecule has 0 amide bonds. The van der Waals surface area contributed by atoms with Crippen molar-refractivity contribution in [1.29, 1.82) is 0 Å². The first-order valence-corrected chi connectivity index (χ1v) is 5.35. The molecule has 1 aromatic heterocycles. The van der Waals surface area contributed by atoms with E-state index in [2.05, 4.69) is 38.1 Å². The minimum Gasteiger partial charge on any atom is -0.368 e. The van der Waals surface area contributed by atoms with Crippen LogP contribution in [0.4, 0.5) is 5.82 Å². The molecule has 0 aromatic carbocycles. The minimum absolute atomic E-state index is 0.621. The topological polar surface area (TPSA) is 24.9 Å². The standard InChI is InChI=1S/C10H10BrClN2/c1-2-3-4-5-13-10-9(11)6-8(12)7-14-10/h6-7H,4-5H2,1H3,(H,13,14). The second-order valence-corrected chi connectivity index (χ2v) is 3.88. The van der Waals surface area contributed by atoms with Crippen LogP contribution in [-0.2, 0) is 0 Å². The highest BCUT2D eigenvalue weighted by Crippen LogP contribution is 2.22. The Hall–Kier alpha value is -0.720. The van der Waals surface area contributed by atoms with Gasteiger partial charge in [-0.1, -0.05) is 11.6 Å². The maximum atomic E-state index is 5.76. The Balaban J connectivity index is 2.53. The van der Waals surface area contributed by atoms with Gasteiger partial charge in [-0.25, -0.2) is 4.98 Å². The highest BCUT2D eigenvalue weighted by molar-refractivity contribution is 9.10. The van der Waals surface area contributed by atoms with E-state index >= 15 is 0 Å². The molecule has 1 N–H and O–H groups in total. The summed E-state index contributed by atoms with van der Waals surface area (Å²) in [5.41, 5.74) is 0. The van der Waals surface area contributed by atoms with E-state index in [0.29, 0.717) is 5.02 Å². The number of anilines is 1. The van der Waals surface area contributed by atoms with Crippen LogP contribution < -0.4 is 5.32 Å². The van der Waals surface area contributed by atoms with Crippen molar-refractivity contribution in [3.05, 3.63) is 21.8 Å². The van der Waals surface area contributed by atoms with E-state index in [4.69, 9.17) is 11.6 Å². The highest BCUT2D eigenvalue weighted by Gasteiger charge is 2.00. The monoisotopic (exact) mass is 272 g/mol. The fourth-order valence-corrected chi connectivity index (χ4v) is 1.69. The van der Waals surface area contributed by atoms with Gasteiger partial charge >= 0.3 is 0 Å². The van der Waals surface area contributed by atoms with Crippen LogP contribution in [0.25, 0.3) is 0 Å². The third-order valence-electron chi connectivity index (χ3n) is 1.53. The van der Waals surface area contributed by atoms with Crippen molar-refractivity contribution < 1.29 is 0 Å². The summed E-state index contributed by atoms with van der Waals surface area (Å²) in [5, 5.41) is 3.78. The van der Waals surface area contributed by atoms with Crippen LogP contribution in [0, 0.1) is 11.8 Å². The van der Waals surface area contributed by atoms with E-state index in [-0.39, 0.29) is 0 Å². The van der Waals surface area contributed by atoms with E-state index in [1.54, 1.807) is 6.20 Å². The van der Waals surface area contributed by atoms with Gasteiger partial charge in [0.25, 0.3) is 0 Å². The molecule has 0 aliphatic heterocycles. The predicted octanol–water partition coefficient (Wildman–Crippen LogP) is 3.32. The van der Waals surface area contributed by atoms with Gasteiger partial charge in [0, 0.05) is 19.2 Å². The van der Waals surface area contributed by atoms with Crippen molar-refractivity contribution in [2.75, 3.05) is 11.9 Å². The number of pyridine rings is 1. The molecule has 74 valence electrons. The van der Waals surface area contributed by atoms with Crippen LogP contribution in [0.3, 0.4) is 0 Å². The van der Waals surface area contributed by atoms with Gasteiger partial charge in [0.2, 0.25) is 0 Å². The van der Waals surface area contributed by atoms with E-state index in [0.717, 1.165) is 23.3 Å². The summed E-state index contributed by atoms with van der Waals surface area (Å²) in [6.45, 7) is 2.62. The molecule has 1 rings (SSSR count). The van der Waals surface area contributed by atoms with Crippen LogP contribution in [0.15, 0.2) is 16.7 Å². The largest absolute Gasteiger partial charge is 0.368 e. The number of halogens is 2. The number of rotatable bonds is 3. The maximum absolute atomic E-state index is 5.76. The zero-order valence-electron chi connectivity index (χ0n) is 7.77. The maximum Gasteiger partial charge on any atom is 0.140 e. The van der Waals surface area contributed by atoms with Gasteiger partial charge in [0.1, 0.15) is 5.82 Å². The minimum atomic E-state index is 0.621. The average Bonchev–Trinajstić information content (AvgIpc) is 2.15. The summed E-state index contributed by atoms with van der Waals surface area (Å²) in [5.74, 6) is 6.60. The zero-order valence-corrected chi connectivity index (χ0v) is 10.1. The van der Waals surface area contributed by atoms with Crippen molar-refractivity contribution in [2.45, 2.75) is 13.3 Å². The quantitative estimate of drug-likeness (QED) is 0.675. The molecule has 0 unspecified atom stereocenters. The number of hydrogen-bond acceptors (Lipinski definition) is 2. The summed E-state index contributed by atoms with van der Waals surface area (Å²) in [4.78, 5) is 4.14. The summed E-state index contributed by atoms with van der Waals surface area (Å²) in [6, 6.07) is 1.81. The molecule has 0 saturated carbocycles. The molecule has 0 bridgehead atoms. The Kier molecular flexibility index (Phi) is 4.78. The molecule has 2 nitrogen and oxygen atoms in total. The highest BCUT2D eigenvalue weighted by atomic mass is 79.9. The molecule has 0 spiro atoms. The lowest BCUT2D eigenvalue weighted by Crippen LogP contribution is -2.02. The second kappa shape index (κ2) is 5.90. The molecule has 0 fully saturated rings. The Labute approximate surface area is 97.2 Å². The third-order valence-corrected chi connectivity index (χ3v) is 2.34. The lowest BCUT2D eigenvalue weighted by atomic mass is 10.4. The van der Waals surface area contributed by atoms with Crippen molar-refractivity contribution in [1.82, 2.24) is 4.98 Å². The van der Waals surface area contributed by atoms with Crippen LogP contribution in [0.1, 0.15) is 13.3 Å². The number of aromatic nitrogens is 1. The SMILES string of the molecule is CC#CCCNc1ncc(Cl)cc1Br. The Morgan fingerprint density at radius 2 is 2.43 bits per heavy atom. The first-order chi connectivity index (χ1) is 6.74. The first-order valence-electron chi connectivity index (χ1n) is 4.18. The summed E-state index contributed by atoms with van der Waals surface area (Å²) < 4.78 is 0.870. The smallest absolute Gasteiger partial charge is 0.140 e.